The Morgan fingerprint density at radius 3 is 2.65 bits per heavy atom. The zero-order valence-corrected chi connectivity index (χ0v) is 13.1. The van der Waals surface area contributed by atoms with Gasteiger partial charge in [0.15, 0.2) is 0 Å². The van der Waals surface area contributed by atoms with Crippen molar-refractivity contribution in [2.45, 2.75) is 26.4 Å². The van der Waals surface area contributed by atoms with Gasteiger partial charge in [-0.2, -0.15) is 0 Å². The van der Waals surface area contributed by atoms with Crippen LogP contribution in [0.1, 0.15) is 31.0 Å². The number of aliphatic hydroxyl groups excluding tert-OH is 1. The first-order chi connectivity index (χ1) is 9.39. The van der Waals surface area contributed by atoms with Gasteiger partial charge in [0, 0.05) is 57.5 Å². The average molecular weight is 277 g/mol. The molecule has 4 heteroatoms. The third-order valence-corrected chi connectivity index (χ3v) is 4.11. The number of aliphatic hydroxyl groups is 1. The summed E-state index contributed by atoms with van der Waals surface area (Å²) < 4.78 is 0. The highest BCUT2D eigenvalue weighted by molar-refractivity contribution is 5.58. The second-order valence-electron chi connectivity index (χ2n) is 6.72. The summed E-state index contributed by atoms with van der Waals surface area (Å²) in [7, 11) is 4.15. The molecule has 0 fully saturated rings. The van der Waals surface area contributed by atoms with Gasteiger partial charge in [-0.05, 0) is 17.2 Å². The van der Waals surface area contributed by atoms with Gasteiger partial charge >= 0.3 is 0 Å². The predicted molar refractivity (Wildman–Crippen MR) is 83.8 cm³/mol. The fraction of sp³-hybridized carbons (Fsp3) is 0.625. The summed E-state index contributed by atoms with van der Waals surface area (Å²) >= 11 is 0. The molecule has 0 aliphatic carbocycles. The summed E-state index contributed by atoms with van der Waals surface area (Å²) in [5.74, 6) is 0. The van der Waals surface area contributed by atoms with Crippen LogP contribution in [0.5, 0.6) is 0 Å². The van der Waals surface area contributed by atoms with E-state index in [1.54, 1.807) is 0 Å². The number of fused-ring (bicyclic) bond motifs is 1. The van der Waals surface area contributed by atoms with Gasteiger partial charge in [0.25, 0.3) is 0 Å². The number of rotatable bonds is 5. The minimum atomic E-state index is -0.103. The molecule has 0 spiro atoms. The Balaban J connectivity index is 2.31. The fourth-order valence-corrected chi connectivity index (χ4v) is 3.05. The van der Waals surface area contributed by atoms with Crippen LogP contribution in [0, 0.1) is 5.41 Å². The van der Waals surface area contributed by atoms with Crippen molar-refractivity contribution in [1.29, 1.82) is 0 Å². The lowest BCUT2D eigenvalue weighted by molar-refractivity contribution is 0.0846. The maximum absolute atomic E-state index is 9.51. The van der Waals surface area contributed by atoms with Crippen molar-refractivity contribution >= 4 is 5.69 Å². The summed E-state index contributed by atoms with van der Waals surface area (Å²) in [6, 6.07) is 6.71. The lowest BCUT2D eigenvalue weighted by atomic mass is 9.93. The Hall–Kier alpha value is -1.10. The first-order valence-corrected chi connectivity index (χ1v) is 7.23. The highest BCUT2D eigenvalue weighted by Gasteiger charge is 2.34. The highest BCUT2D eigenvalue weighted by atomic mass is 16.3. The minimum Gasteiger partial charge on any atom is -0.396 e. The number of hydrogen-bond acceptors (Lipinski definition) is 4. The standard InChI is InChI=1S/C16H27N3O/c1-16(2,11-20)10-19-9-13-12(15(19)8-17)6-5-7-14(13)18(3)4/h5-7,15,20H,8-11,17H2,1-4H3. The molecular weight excluding hydrogens is 250 g/mol. The van der Waals surface area contributed by atoms with Crippen LogP contribution < -0.4 is 10.6 Å². The van der Waals surface area contributed by atoms with E-state index in [9.17, 15) is 5.11 Å². The molecule has 0 radical (unpaired) electrons. The van der Waals surface area contributed by atoms with E-state index in [1.807, 2.05) is 0 Å². The molecule has 1 heterocycles. The molecule has 1 aromatic carbocycles. The predicted octanol–water partition coefficient (Wildman–Crippen LogP) is 1.59. The molecule has 0 aromatic heterocycles. The molecule has 1 atom stereocenters. The summed E-state index contributed by atoms with van der Waals surface area (Å²) in [4.78, 5) is 4.56. The molecule has 4 nitrogen and oxygen atoms in total. The van der Waals surface area contributed by atoms with Gasteiger partial charge in [-0.1, -0.05) is 26.0 Å². The number of anilines is 1. The van der Waals surface area contributed by atoms with Gasteiger partial charge in [0.2, 0.25) is 0 Å². The van der Waals surface area contributed by atoms with Gasteiger partial charge < -0.3 is 15.7 Å². The third-order valence-electron chi connectivity index (χ3n) is 4.11. The SMILES string of the molecule is CN(C)c1cccc2c1CN(CC(C)(C)CO)C2CN. The van der Waals surface area contributed by atoms with E-state index in [2.05, 4.69) is 55.9 Å². The van der Waals surface area contributed by atoms with Crippen LogP contribution in [-0.4, -0.2) is 43.8 Å². The monoisotopic (exact) mass is 277 g/mol. The van der Waals surface area contributed by atoms with Gasteiger partial charge in [-0.25, -0.2) is 0 Å². The van der Waals surface area contributed by atoms with Crippen molar-refractivity contribution < 1.29 is 5.11 Å². The van der Waals surface area contributed by atoms with Crippen LogP contribution in [0.25, 0.3) is 0 Å². The zero-order chi connectivity index (χ0) is 14.9. The molecule has 0 bridgehead atoms. The van der Waals surface area contributed by atoms with E-state index >= 15 is 0 Å². The lowest BCUT2D eigenvalue weighted by Gasteiger charge is -2.32. The zero-order valence-electron chi connectivity index (χ0n) is 13.1. The average Bonchev–Trinajstić information content (AvgIpc) is 2.74. The normalized spacial score (nSPS) is 19.2. The van der Waals surface area contributed by atoms with Gasteiger partial charge in [0.05, 0.1) is 0 Å². The first-order valence-electron chi connectivity index (χ1n) is 7.23. The van der Waals surface area contributed by atoms with Crippen molar-refractivity contribution in [3.8, 4) is 0 Å². The molecule has 1 aliphatic rings. The Labute approximate surface area is 122 Å². The van der Waals surface area contributed by atoms with Crippen molar-refractivity contribution in [1.82, 2.24) is 4.90 Å². The summed E-state index contributed by atoms with van der Waals surface area (Å²) in [6.45, 7) is 6.76. The Bertz CT molecular complexity index is 471. The van der Waals surface area contributed by atoms with Gasteiger partial charge in [-0.15, -0.1) is 0 Å². The minimum absolute atomic E-state index is 0.103. The largest absolute Gasteiger partial charge is 0.396 e. The maximum atomic E-state index is 9.51. The van der Waals surface area contributed by atoms with Crippen molar-refractivity contribution in [3.05, 3.63) is 29.3 Å². The Kier molecular flexibility index (Phi) is 4.37. The van der Waals surface area contributed by atoms with E-state index in [1.165, 1.54) is 16.8 Å². The van der Waals surface area contributed by atoms with Crippen LogP contribution in [0.3, 0.4) is 0 Å². The molecule has 0 amide bonds. The Morgan fingerprint density at radius 1 is 1.40 bits per heavy atom. The molecule has 0 saturated carbocycles. The van der Waals surface area contributed by atoms with E-state index in [-0.39, 0.29) is 18.1 Å². The molecule has 1 aliphatic heterocycles. The fourth-order valence-electron chi connectivity index (χ4n) is 3.05. The summed E-state index contributed by atoms with van der Waals surface area (Å²) in [5, 5.41) is 9.51. The maximum Gasteiger partial charge on any atom is 0.0494 e. The second kappa shape index (κ2) is 5.72. The molecule has 2 rings (SSSR count). The van der Waals surface area contributed by atoms with Crippen molar-refractivity contribution in [3.63, 3.8) is 0 Å². The van der Waals surface area contributed by atoms with Crippen molar-refractivity contribution in [2.75, 3.05) is 38.7 Å². The molecule has 20 heavy (non-hydrogen) atoms. The van der Waals surface area contributed by atoms with Crippen LogP contribution in [-0.2, 0) is 6.54 Å². The van der Waals surface area contributed by atoms with Crippen molar-refractivity contribution in [2.24, 2.45) is 11.1 Å². The van der Waals surface area contributed by atoms with E-state index in [0.717, 1.165) is 13.1 Å². The van der Waals surface area contributed by atoms with Crippen LogP contribution in [0.15, 0.2) is 18.2 Å². The number of benzene rings is 1. The number of hydrogen-bond donors (Lipinski definition) is 2. The topological polar surface area (TPSA) is 52.7 Å². The number of nitrogens with two attached hydrogens (primary N) is 1. The smallest absolute Gasteiger partial charge is 0.0494 e. The molecular formula is C16H27N3O. The van der Waals surface area contributed by atoms with Crippen LogP contribution >= 0.6 is 0 Å². The van der Waals surface area contributed by atoms with Crippen LogP contribution in [0.4, 0.5) is 5.69 Å². The van der Waals surface area contributed by atoms with Gasteiger partial charge in [-0.3, -0.25) is 4.90 Å². The highest BCUT2D eigenvalue weighted by Crippen LogP contribution is 2.39. The molecule has 112 valence electrons. The molecule has 0 saturated heterocycles. The van der Waals surface area contributed by atoms with Crippen LogP contribution in [0.2, 0.25) is 0 Å². The molecule has 1 aromatic rings. The van der Waals surface area contributed by atoms with Gasteiger partial charge in [0.1, 0.15) is 0 Å². The first kappa shape index (κ1) is 15.3. The number of nitrogens with zero attached hydrogens (tertiary/aromatic N) is 2. The van der Waals surface area contributed by atoms with E-state index in [0.29, 0.717) is 6.54 Å². The third kappa shape index (κ3) is 2.82. The summed E-state index contributed by atoms with van der Waals surface area (Å²) in [5.41, 5.74) is 9.89. The Morgan fingerprint density at radius 2 is 2.10 bits per heavy atom. The van der Waals surface area contributed by atoms with E-state index < -0.39 is 0 Å². The summed E-state index contributed by atoms with van der Waals surface area (Å²) in [6.07, 6.45) is 0. The van der Waals surface area contributed by atoms with E-state index in [4.69, 9.17) is 5.73 Å². The molecule has 3 N–H and O–H groups in total. The lowest BCUT2D eigenvalue weighted by Crippen LogP contribution is -2.37. The quantitative estimate of drug-likeness (QED) is 0.858. The molecule has 1 unspecified atom stereocenters. The second-order valence-corrected chi connectivity index (χ2v) is 6.72.